The van der Waals surface area contributed by atoms with Crippen LogP contribution in [-0.2, 0) is 0 Å². The highest BCUT2D eigenvalue weighted by molar-refractivity contribution is 5.19. The second-order valence-corrected chi connectivity index (χ2v) is 3.69. The molecule has 0 radical (unpaired) electrons. The molecule has 1 aromatic heterocycles. The van der Waals surface area contributed by atoms with Gasteiger partial charge in [-0.15, -0.1) is 0 Å². The van der Waals surface area contributed by atoms with E-state index in [-0.39, 0.29) is 11.6 Å². The zero-order valence-electron chi connectivity index (χ0n) is 7.49. The van der Waals surface area contributed by atoms with Crippen molar-refractivity contribution in [2.24, 2.45) is 5.73 Å². The largest absolute Gasteiger partial charge is 0.329 e. The van der Waals surface area contributed by atoms with Crippen LogP contribution in [0, 0.1) is 0 Å². The molecule has 1 aliphatic carbocycles. The van der Waals surface area contributed by atoms with Crippen LogP contribution in [0.2, 0.25) is 0 Å². The summed E-state index contributed by atoms with van der Waals surface area (Å²) in [5.41, 5.74) is 7.01. The van der Waals surface area contributed by atoms with Crippen LogP contribution in [0.5, 0.6) is 0 Å². The number of aromatic nitrogens is 1. The molecule has 1 fully saturated rings. The second kappa shape index (κ2) is 3.34. The first-order valence-corrected chi connectivity index (χ1v) is 4.71. The van der Waals surface area contributed by atoms with Gasteiger partial charge in [0.2, 0.25) is 5.56 Å². The molecule has 2 atom stereocenters. The molecule has 1 heterocycles. The van der Waals surface area contributed by atoms with Crippen molar-refractivity contribution in [2.45, 2.75) is 31.2 Å². The molecule has 0 aromatic carbocycles. The van der Waals surface area contributed by atoms with Crippen molar-refractivity contribution in [1.82, 2.24) is 4.98 Å². The van der Waals surface area contributed by atoms with E-state index in [2.05, 4.69) is 4.98 Å². The fourth-order valence-electron chi connectivity index (χ4n) is 2.09. The molecule has 3 nitrogen and oxygen atoms in total. The van der Waals surface area contributed by atoms with Gasteiger partial charge in [-0.05, 0) is 30.4 Å². The molecule has 0 amide bonds. The Morgan fingerprint density at radius 1 is 1.46 bits per heavy atom. The Bertz CT molecular complexity index is 345. The maximum Gasteiger partial charge on any atom is 0.248 e. The van der Waals surface area contributed by atoms with E-state index in [0.29, 0.717) is 5.92 Å². The minimum absolute atomic E-state index is 0.0309. The van der Waals surface area contributed by atoms with Crippen LogP contribution >= 0.6 is 0 Å². The van der Waals surface area contributed by atoms with Crippen LogP contribution < -0.4 is 11.3 Å². The highest BCUT2D eigenvalue weighted by Gasteiger charge is 2.25. The van der Waals surface area contributed by atoms with Crippen molar-refractivity contribution in [3.63, 3.8) is 0 Å². The van der Waals surface area contributed by atoms with Crippen molar-refractivity contribution in [2.75, 3.05) is 0 Å². The first-order valence-electron chi connectivity index (χ1n) is 4.71. The fourth-order valence-corrected chi connectivity index (χ4v) is 2.09. The van der Waals surface area contributed by atoms with Gasteiger partial charge >= 0.3 is 0 Å². The monoisotopic (exact) mass is 178 g/mol. The fraction of sp³-hybridized carbons (Fsp3) is 0.500. The number of nitrogens with two attached hydrogens (primary N) is 1. The van der Waals surface area contributed by atoms with Crippen LogP contribution in [0.3, 0.4) is 0 Å². The van der Waals surface area contributed by atoms with Gasteiger partial charge in [0.05, 0.1) is 0 Å². The molecule has 2 rings (SSSR count). The normalized spacial score (nSPS) is 27.8. The first-order chi connectivity index (χ1) is 6.27. The van der Waals surface area contributed by atoms with E-state index in [1.54, 1.807) is 12.3 Å². The topological polar surface area (TPSA) is 58.9 Å². The van der Waals surface area contributed by atoms with E-state index in [1.807, 2.05) is 6.07 Å². The van der Waals surface area contributed by atoms with Crippen LogP contribution in [0.1, 0.15) is 30.7 Å². The smallest absolute Gasteiger partial charge is 0.248 e. The molecule has 70 valence electrons. The Hall–Kier alpha value is -1.09. The van der Waals surface area contributed by atoms with Crippen LogP contribution in [0.4, 0.5) is 0 Å². The van der Waals surface area contributed by atoms with E-state index in [0.717, 1.165) is 18.4 Å². The third kappa shape index (κ3) is 1.65. The van der Waals surface area contributed by atoms with Gasteiger partial charge in [-0.25, -0.2) is 0 Å². The van der Waals surface area contributed by atoms with Gasteiger partial charge in [0.1, 0.15) is 0 Å². The number of hydrogen-bond donors (Lipinski definition) is 2. The molecule has 3 N–H and O–H groups in total. The third-order valence-electron chi connectivity index (χ3n) is 2.80. The Morgan fingerprint density at radius 3 is 2.92 bits per heavy atom. The number of pyridine rings is 1. The molecule has 0 saturated heterocycles. The second-order valence-electron chi connectivity index (χ2n) is 3.69. The standard InChI is InChI=1S/C10H14N2O/c11-9-3-1-2-8(9)7-4-5-12-10(13)6-7/h4-6,8-9H,1-3,11H2,(H,12,13). The SMILES string of the molecule is NC1CCCC1c1cc[nH]c(=O)c1. The number of H-pyrrole nitrogens is 1. The van der Waals surface area contributed by atoms with Gasteiger partial charge in [0, 0.05) is 18.3 Å². The molecule has 1 aromatic rings. The molecule has 2 unspecified atom stereocenters. The van der Waals surface area contributed by atoms with Crippen molar-refractivity contribution >= 4 is 0 Å². The molecule has 0 spiro atoms. The quantitative estimate of drug-likeness (QED) is 0.673. The molecule has 1 aliphatic rings. The zero-order chi connectivity index (χ0) is 9.26. The molecule has 0 aliphatic heterocycles. The highest BCUT2D eigenvalue weighted by Crippen LogP contribution is 2.32. The van der Waals surface area contributed by atoms with Crippen LogP contribution in [-0.4, -0.2) is 11.0 Å². The van der Waals surface area contributed by atoms with Gasteiger partial charge < -0.3 is 10.7 Å². The predicted octanol–water partition coefficient (Wildman–Crippen LogP) is 0.970. The summed E-state index contributed by atoms with van der Waals surface area (Å²) in [7, 11) is 0. The maximum atomic E-state index is 11.1. The average molecular weight is 178 g/mol. The lowest BCUT2D eigenvalue weighted by Gasteiger charge is -2.14. The van der Waals surface area contributed by atoms with Gasteiger partial charge in [-0.3, -0.25) is 4.79 Å². The summed E-state index contributed by atoms with van der Waals surface area (Å²) >= 11 is 0. The summed E-state index contributed by atoms with van der Waals surface area (Å²) in [6.07, 6.45) is 5.07. The summed E-state index contributed by atoms with van der Waals surface area (Å²) < 4.78 is 0. The lowest BCUT2D eigenvalue weighted by molar-refractivity contribution is 0.612. The van der Waals surface area contributed by atoms with Gasteiger partial charge in [-0.2, -0.15) is 0 Å². The first kappa shape index (κ1) is 8.51. The Labute approximate surface area is 77.0 Å². The number of aromatic amines is 1. The number of nitrogens with one attached hydrogen (secondary N) is 1. The van der Waals surface area contributed by atoms with E-state index >= 15 is 0 Å². The maximum absolute atomic E-state index is 11.1. The Morgan fingerprint density at radius 2 is 2.31 bits per heavy atom. The lowest BCUT2D eigenvalue weighted by Crippen LogP contribution is -2.23. The number of rotatable bonds is 1. The molecular weight excluding hydrogens is 164 g/mol. The lowest BCUT2D eigenvalue weighted by atomic mass is 9.96. The minimum Gasteiger partial charge on any atom is -0.329 e. The van der Waals surface area contributed by atoms with E-state index in [1.165, 1.54) is 6.42 Å². The van der Waals surface area contributed by atoms with E-state index < -0.39 is 0 Å². The summed E-state index contributed by atoms with van der Waals surface area (Å²) in [5.74, 6) is 0.391. The van der Waals surface area contributed by atoms with Gasteiger partial charge in [-0.1, -0.05) is 6.42 Å². The number of hydrogen-bond acceptors (Lipinski definition) is 2. The average Bonchev–Trinajstić information content (AvgIpc) is 2.51. The molecule has 1 saturated carbocycles. The summed E-state index contributed by atoms with van der Waals surface area (Å²) in [5, 5.41) is 0. The van der Waals surface area contributed by atoms with Crippen LogP contribution in [0.15, 0.2) is 23.1 Å². The molecular formula is C10H14N2O. The van der Waals surface area contributed by atoms with E-state index in [9.17, 15) is 4.79 Å². The highest BCUT2D eigenvalue weighted by atomic mass is 16.1. The summed E-state index contributed by atoms with van der Waals surface area (Å²) in [4.78, 5) is 13.7. The zero-order valence-corrected chi connectivity index (χ0v) is 7.49. The summed E-state index contributed by atoms with van der Waals surface area (Å²) in [6.45, 7) is 0. The van der Waals surface area contributed by atoms with Gasteiger partial charge in [0.25, 0.3) is 0 Å². The van der Waals surface area contributed by atoms with Crippen molar-refractivity contribution in [1.29, 1.82) is 0 Å². The van der Waals surface area contributed by atoms with Crippen molar-refractivity contribution in [3.05, 3.63) is 34.2 Å². The van der Waals surface area contributed by atoms with Crippen LogP contribution in [0.25, 0.3) is 0 Å². The van der Waals surface area contributed by atoms with Crippen molar-refractivity contribution < 1.29 is 0 Å². The molecule has 0 bridgehead atoms. The van der Waals surface area contributed by atoms with E-state index in [4.69, 9.17) is 5.73 Å². The molecule has 13 heavy (non-hydrogen) atoms. The third-order valence-corrected chi connectivity index (χ3v) is 2.80. The van der Waals surface area contributed by atoms with Gasteiger partial charge in [0.15, 0.2) is 0 Å². The molecule has 3 heteroatoms. The predicted molar refractivity (Wildman–Crippen MR) is 51.6 cm³/mol. The van der Waals surface area contributed by atoms with Crippen molar-refractivity contribution in [3.8, 4) is 0 Å². The Balaban J connectivity index is 2.29. The summed E-state index contributed by atoms with van der Waals surface area (Å²) in [6, 6.07) is 3.86. The minimum atomic E-state index is -0.0309. The Kier molecular flexibility index (Phi) is 2.19.